The number of aliphatic hydroxyl groups is 1. The maximum Gasteiger partial charge on any atom is 0.0530 e. The molecular formula is C15H22O. The zero-order valence-electron chi connectivity index (χ0n) is 10.5. The van der Waals surface area contributed by atoms with Crippen LogP contribution in [0.15, 0.2) is 24.3 Å². The largest absolute Gasteiger partial charge is 0.395 e. The van der Waals surface area contributed by atoms with Gasteiger partial charge in [-0.2, -0.15) is 0 Å². The Morgan fingerprint density at radius 3 is 2.31 bits per heavy atom. The Morgan fingerprint density at radius 1 is 1.38 bits per heavy atom. The SMILES string of the molecule is CCC(C)c1ccc(C2(CO)CC2C)cc1. The van der Waals surface area contributed by atoms with Gasteiger partial charge in [-0.3, -0.25) is 0 Å². The van der Waals surface area contributed by atoms with E-state index in [1.54, 1.807) is 0 Å². The summed E-state index contributed by atoms with van der Waals surface area (Å²) < 4.78 is 0. The molecule has 1 fully saturated rings. The lowest BCUT2D eigenvalue weighted by Crippen LogP contribution is -2.14. The Morgan fingerprint density at radius 2 is 1.94 bits per heavy atom. The minimum absolute atomic E-state index is 0.0774. The predicted octanol–water partition coefficient (Wildman–Crippen LogP) is 3.47. The van der Waals surface area contributed by atoms with E-state index in [9.17, 15) is 5.11 Å². The van der Waals surface area contributed by atoms with Crippen LogP contribution in [-0.2, 0) is 5.41 Å². The fourth-order valence-electron chi connectivity index (χ4n) is 2.58. The van der Waals surface area contributed by atoms with Crippen LogP contribution in [0.4, 0.5) is 0 Å². The van der Waals surface area contributed by atoms with Gasteiger partial charge in [-0.15, -0.1) is 0 Å². The van der Waals surface area contributed by atoms with Crippen molar-refractivity contribution in [1.82, 2.24) is 0 Å². The first-order chi connectivity index (χ1) is 7.64. The molecule has 1 N–H and O–H groups in total. The molecule has 0 saturated heterocycles. The smallest absolute Gasteiger partial charge is 0.0530 e. The second-order valence-electron chi connectivity index (χ2n) is 5.35. The quantitative estimate of drug-likeness (QED) is 0.820. The molecule has 1 nitrogen and oxygen atoms in total. The molecule has 1 aromatic rings. The van der Waals surface area contributed by atoms with Gasteiger partial charge in [-0.05, 0) is 35.8 Å². The maximum atomic E-state index is 9.51. The fourth-order valence-corrected chi connectivity index (χ4v) is 2.58. The number of benzene rings is 1. The summed E-state index contributed by atoms with van der Waals surface area (Å²) in [6.45, 7) is 6.99. The molecule has 88 valence electrons. The van der Waals surface area contributed by atoms with Crippen LogP contribution in [0.1, 0.15) is 50.7 Å². The van der Waals surface area contributed by atoms with Crippen LogP contribution in [0.2, 0.25) is 0 Å². The maximum absolute atomic E-state index is 9.51. The van der Waals surface area contributed by atoms with Crippen molar-refractivity contribution in [2.75, 3.05) is 6.61 Å². The third-order valence-corrected chi connectivity index (χ3v) is 4.40. The first-order valence-corrected chi connectivity index (χ1v) is 6.35. The van der Waals surface area contributed by atoms with Gasteiger partial charge in [-0.25, -0.2) is 0 Å². The minimum atomic E-state index is 0.0774. The summed E-state index contributed by atoms with van der Waals surface area (Å²) >= 11 is 0. The van der Waals surface area contributed by atoms with Crippen LogP contribution >= 0.6 is 0 Å². The average molecular weight is 218 g/mol. The van der Waals surface area contributed by atoms with Crippen LogP contribution in [0.3, 0.4) is 0 Å². The molecule has 0 radical (unpaired) electrons. The van der Waals surface area contributed by atoms with Gasteiger partial charge in [0, 0.05) is 5.41 Å². The van der Waals surface area contributed by atoms with E-state index in [4.69, 9.17) is 0 Å². The lowest BCUT2D eigenvalue weighted by molar-refractivity contribution is 0.247. The summed E-state index contributed by atoms with van der Waals surface area (Å²) in [5, 5.41) is 9.51. The summed E-state index contributed by atoms with van der Waals surface area (Å²) in [5.41, 5.74) is 2.80. The Hall–Kier alpha value is -0.820. The Bertz CT molecular complexity index is 350. The van der Waals surface area contributed by atoms with Crippen molar-refractivity contribution in [3.05, 3.63) is 35.4 Å². The van der Waals surface area contributed by atoms with Crippen LogP contribution in [0, 0.1) is 5.92 Å². The summed E-state index contributed by atoms with van der Waals surface area (Å²) in [6, 6.07) is 8.88. The topological polar surface area (TPSA) is 20.2 Å². The number of hydrogen-bond donors (Lipinski definition) is 1. The van der Waals surface area contributed by atoms with E-state index in [0.29, 0.717) is 11.8 Å². The molecule has 0 spiro atoms. The molecular weight excluding hydrogens is 196 g/mol. The summed E-state index contributed by atoms with van der Waals surface area (Å²) in [7, 11) is 0. The number of hydrogen-bond acceptors (Lipinski definition) is 1. The van der Waals surface area contributed by atoms with E-state index in [1.165, 1.54) is 17.5 Å². The monoisotopic (exact) mass is 218 g/mol. The highest BCUT2D eigenvalue weighted by Crippen LogP contribution is 2.53. The van der Waals surface area contributed by atoms with Crippen LogP contribution in [0.5, 0.6) is 0 Å². The molecule has 0 aliphatic heterocycles. The molecule has 1 aromatic carbocycles. The highest BCUT2D eigenvalue weighted by Gasteiger charge is 2.51. The molecule has 3 atom stereocenters. The Balaban J connectivity index is 2.20. The molecule has 3 unspecified atom stereocenters. The molecule has 16 heavy (non-hydrogen) atoms. The Labute approximate surface area is 98.5 Å². The standard InChI is InChI=1S/C15H22O/c1-4-11(2)13-5-7-14(8-6-13)15(10-16)9-12(15)3/h5-8,11-12,16H,4,9-10H2,1-3H3. The van der Waals surface area contributed by atoms with Gasteiger partial charge in [-0.1, -0.05) is 45.0 Å². The van der Waals surface area contributed by atoms with Gasteiger partial charge in [0.1, 0.15) is 0 Å². The van der Waals surface area contributed by atoms with E-state index in [2.05, 4.69) is 45.0 Å². The second kappa shape index (κ2) is 4.21. The molecule has 1 aliphatic rings. The van der Waals surface area contributed by atoms with Crippen molar-refractivity contribution < 1.29 is 5.11 Å². The normalized spacial score (nSPS) is 30.1. The van der Waals surface area contributed by atoms with Crippen molar-refractivity contribution in [3.8, 4) is 0 Å². The van der Waals surface area contributed by atoms with Gasteiger partial charge in [0.15, 0.2) is 0 Å². The first kappa shape index (κ1) is 11.7. The molecule has 0 aromatic heterocycles. The number of aliphatic hydroxyl groups excluding tert-OH is 1. The van der Waals surface area contributed by atoms with Crippen molar-refractivity contribution in [2.24, 2.45) is 5.92 Å². The van der Waals surface area contributed by atoms with Gasteiger partial charge < -0.3 is 5.11 Å². The third kappa shape index (κ3) is 1.78. The molecule has 0 bridgehead atoms. The van der Waals surface area contributed by atoms with Crippen molar-refractivity contribution in [3.63, 3.8) is 0 Å². The minimum Gasteiger partial charge on any atom is -0.395 e. The zero-order chi connectivity index (χ0) is 11.8. The molecule has 2 rings (SSSR count). The van der Waals surface area contributed by atoms with E-state index in [0.717, 1.165) is 6.42 Å². The fraction of sp³-hybridized carbons (Fsp3) is 0.600. The average Bonchev–Trinajstić information content (AvgIpc) is 3.01. The second-order valence-corrected chi connectivity index (χ2v) is 5.35. The van der Waals surface area contributed by atoms with Gasteiger partial charge in [0.05, 0.1) is 6.61 Å². The first-order valence-electron chi connectivity index (χ1n) is 6.35. The van der Waals surface area contributed by atoms with Gasteiger partial charge in [0.2, 0.25) is 0 Å². The van der Waals surface area contributed by atoms with Crippen LogP contribution in [-0.4, -0.2) is 11.7 Å². The zero-order valence-corrected chi connectivity index (χ0v) is 10.5. The van der Waals surface area contributed by atoms with E-state index in [-0.39, 0.29) is 12.0 Å². The lowest BCUT2D eigenvalue weighted by atomic mass is 9.91. The summed E-state index contributed by atoms with van der Waals surface area (Å²) in [4.78, 5) is 0. The molecule has 0 amide bonds. The van der Waals surface area contributed by atoms with E-state index < -0.39 is 0 Å². The van der Waals surface area contributed by atoms with Crippen molar-refractivity contribution in [1.29, 1.82) is 0 Å². The molecule has 0 heterocycles. The van der Waals surface area contributed by atoms with Crippen LogP contribution in [0.25, 0.3) is 0 Å². The predicted molar refractivity (Wildman–Crippen MR) is 67.7 cm³/mol. The number of rotatable bonds is 4. The third-order valence-electron chi connectivity index (χ3n) is 4.40. The molecule has 1 heteroatoms. The van der Waals surface area contributed by atoms with Crippen molar-refractivity contribution in [2.45, 2.75) is 44.9 Å². The summed E-state index contributed by atoms with van der Waals surface area (Å²) in [5.74, 6) is 1.27. The highest BCUT2D eigenvalue weighted by molar-refractivity contribution is 5.36. The van der Waals surface area contributed by atoms with E-state index in [1.807, 2.05) is 0 Å². The molecule has 1 saturated carbocycles. The Kier molecular flexibility index (Phi) is 3.07. The van der Waals surface area contributed by atoms with E-state index >= 15 is 0 Å². The lowest BCUT2D eigenvalue weighted by Gasteiger charge is -2.16. The van der Waals surface area contributed by atoms with Crippen molar-refractivity contribution >= 4 is 0 Å². The van der Waals surface area contributed by atoms with Crippen LogP contribution < -0.4 is 0 Å². The van der Waals surface area contributed by atoms with Gasteiger partial charge in [0.25, 0.3) is 0 Å². The summed E-state index contributed by atoms with van der Waals surface area (Å²) in [6.07, 6.45) is 2.31. The molecule has 1 aliphatic carbocycles. The van der Waals surface area contributed by atoms with Gasteiger partial charge >= 0.3 is 0 Å². The highest BCUT2D eigenvalue weighted by atomic mass is 16.3.